The number of hydrogen-bond donors (Lipinski definition) is 2. The highest BCUT2D eigenvalue weighted by atomic mass is 16.5. The van der Waals surface area contributed by atoms with Crippen LogP contribution < -0.4 is 21.2 Å². The zero-order valence-electron chi connectivity index (χ0n) is 21.0. The number of nitrogens with one attached hydrogen (secondary N) is 2. The molecule has 1 fully saturated rings. The molecule has 186 valence electrons. The third kappa shape index (κ3) is 4.89. The highest BCUT2D eigenvalue weighted by molar-refractivity contribution is 6.04. The van der Waals surface area contributed by atoms with E-state index in [0.717, 1.165) is 33.5 Å². The molecule has 1 aliphatic rings. The summed E-state index contributed by atoms with van der Waals surface area (Å²) in [5.41, 5.74) is 5.62. The molecule has 0 radical (unpaired) electrons. The van der Waals surface area contributed by atoms with Crippen LogP contribution >= 0.6 is 0 Å². The Labute approximate surface area is 204 Å². The van der Waals surface area contributed by atoms with Gasteiger partial charge in [0.05, 0.1) is 34.9 Å². The Morgan fingerprint density at radius 3 is 2.23 bits per heavy atom. The summed E-state index contributed by atoms with van der Waals surface area (Å²) in [5, 5.41) is 5.92. The lowest BCUT2D eigenvalue weighted by molar-refractivity contribution is -0.148. The van der Waals surface area contributed by atoms with Crippen molar-refractivity contribution in [3.8, 4) is 0 Å². The number of rotatable bonds is 5. The number of carbonyl (C=O) groups excluding carboxylic acids is 2. The summed E-state index contributed by atoms with van der Waals surface area (Å²) < 4.78 is 8.37. The van der Waals surface area contributed by atoms with Gasteiger partial charge in [-0.15, -0.1) is 0 Å². The predicted octanol–water partition coefficient (Wildman–Crippen LogP) is 3.92. The number of esters is 1. The van der Waals surface area contributed by atoms with E-state index in [2.05, 4.69) is 15.5 Å². The van der Waals surface area contributed by atoms with Crippen molar-refractivity contribution in [2.24, 2.45) is 20.0 Å². The zero-order chi connectivity index (χ0) is 25.3. The number of ether oxygens (including phenoxy) is 1. The number of piperidine rings is 1. The lowest BCUT2D eigenvalue weighted by Crippen LogP contribution is -2.37. The van der Waals surface area contributed by atoms with Gasteiger partial charge in [-0.3, -0.25) is 13.9 Å². The molecule has 0 atom stereocenters. The second-order valence-corrected chi connectivity index (χ2v) is 9.17. The summed E-state index contributed by atoms with van der Waals surface area (Å²) in [5.74, 6) is -0.278. The second-order valence-electron chi connectivity index (χ2n) is 9.17. The Balaban J connectivity index is 1.64. The number of fused-ring (bicyclic) bond motifs is 1. The molecule has 4 rings (SSSR count). The van der Waals surface area contributed by atoms with Crippen LogP contribution in [0.4, 0.5) is 21.9 Å². The van der Waals surface area contributed by atoms with Gasteiger partial charge in [0.2, 0.25) is 0 Å². The van der Waals surface area contributed by atoms with Crippen molar-refractivity contribution in [2.75, 3.05) is 35.2 Å². The fourth-order valence-electron chi connectivity index (χ4n) is 4.74. The number of carbonyl (C=O) groups is 2. The van der Waals surface area contributed by atoms with Crippen molar-refractivity contribution in [1.29, 1.82) is 0 Å². The molecule has 0 unspecified atom stereocenters. The van der Waals surface area contributed by atoms with Crippen molar-refractivity contribution in [3.05, 3.63) is 51.9 Å². The minimum Gasteiger partial charge on any atom is -0.466 e. The predicted molar refractivity (Wildman–Crippen MR) is 138 cm³/mol. The Morgan fingerprint density at radius 2 is 1.60 bits per heavy atom. The number of benzene rings is 2. The van der Waals surface area contributed by atoms with Gasteiger partial charge >= 0.3 is 17.7 Å². The van der Waals surface area contributed by atoms with Crippen molar-refractivity contribution in [1.82, 2.24) is 9.13 Å². The first-order valence-electron chi connectivity index (χ1n) is 12.0. The average molecular weight is 480 g/mol. The van der Waals surface area contributed by atoms with Crippen LogP contribution in [-0.2, 0) is 23.6 Å². The standard InChI is InChI=1S/C26H33N5O4/c1-6-35-24(32)18-9-11-31(12-10-18)21-15-23-22(29(4)26(34)30(23)5)14-20(21)28-25(33)27-19-8-7-16(2)13-17(19)3/h7-8,13-15,18H,6,9-12H2,1-5H3,(H2,27,28,33). The molecule has 3 aromatic rings. The molecule has 0 bridgehead atoms. The molecule has 9 heteroatoms. The minimum atomic E-state index is -0.361. The van der Waals surface area contributed by atoms with E-state index >= 15 is 0 Å². The molecular formula is C26H33N5O4. The van der Waals surface area contributed by atoms with E-state index in [4.69, 9.17) is 4.74 Å². The molecule has 2 N–H and O–H groups in total. The maximum Gasteiger partial charge on any atom is 0.328 e. The molecule has 1 aliphatic heterocycles. The molecule has 2 amide bonds. The molecule has 9 nitrogen and oxygen atoms in total. The number of hydrogen-bond acceptors (Lipinski definition) is 5. The number of imidazole rings is 1. The molecule has 2 aromatic carbocycles. The smallest absolute Gasteiger partial charge is 0.328 e. The van der Waals surface area contributed by atoms with Crippen molar-refractivity contribution in [3.63, 3.8) is 0 Å². The van der Waals surface area contributed by atoms with Gasteiger partial charge in [-0.25, -0.2) is 9.59 Å². The number of urea groups is 1. The van der Waals surface area contributed by atoms with E-state index in [1.165, 1.54) is 0 Å². The van der Waals surface area contributed by atoms with Crippen LogP contribution in [0, 0.1) is 19.8 Å². The summed E-state index contributed by atoms with van der Waals surface area (Å²) in [6.07, 6.45) is 1.33. The minimum absolute atomic E-state index is 0.125. The maximum atomic E-state index is 13.0. The molecule has 35 heavy (non-hydrogen) atoms. The van der Waals surface area contributed by atoms with Gasteiger partial charge in [0.1, 0.15) is 0 Å². The van der Waals surface area contributed by atoms with Gasteiger partial charge in [-0.1, -0.05) is 17.7 Å². The normalized spacial score (nSPS) is 14.3. The highest BCUT2D eigenvalue weighted by Crippen LogP contribution is 2.34. The Kier molecular flexibility index (Phi) is 6.86. The topological polar surface area (TPSA) is 97.6 Å². The van der Waals surface area contributed by atoms with Crippen LogP contribution in [0.5, 0.6) is 0 Å². The van der Waals surface area contributed by atoms with E-state index < -0.39 is 0 Å². The molecule has 1 saturated heterocycles. The number of anilines is 3. The second kappa shape index (κ2) is 9.85. The fourth-order valence-corrected chi connectivity index (χ4v) is 4.74. The summed E-state index contributed by atoms with van der Waals surface area (Å²) in [4.78, 5) is 39.9. The molecule has 1 aromatic heterocycles. The third-order valence-corrected chi connectivity index (χ3v) is 6.72. The number of aromatic nitrogens is 2. The maximum absolute atomic E-state index is 13.0. The largest absolute Gasteiger partial charge is 0.466 e. The number of nitrogens with zero attached hydrogens (tertiary/aromatic N) is 3. The van der Waals surface area contributed by atoms with Gasteiger partial charge in [0.25, 0.3) is 0 Å². The lowest BCUT2D eigenvalue weighted by atomic mass is 9.96. The van der Waals surface area contributed by atoms with Crippen LogP contribution in [0.1, 0.15) is 30.9 Å². The summed E-state index contributed by atoms with van der Waals surface area (Å²) in [7, 11) is 3.45. The summed E-state index contributed by atoms with van der Waals surface area (Å²) >= 11 is 0. The van der Waals surface area contributed by atoms with Crippen molar-refractivity contribution < 1.29 is 14.3 Å². The fraction of sp³-hybridized carbons (Fsp3) is 0.423. The van der Waals surface area contributed by atoms with Crippen LogP contribution in [-0.4, -0.2) is 40.8 Å². The van der Waals surface area contributed by atoms with Crippen molar-refractivity contribution >= 4 is 40.1 Å². The first-order chi connectivity index (χ1) is 16.7. The van der Waals surface area contributed by atoms with Gasteiger partial charge in [-0.05, 0) is 57.4 Å². The molecule has 0 aliphatic carbocycles. The highest BCUT2D eigenvalue weighted by Gasteiger charge is 2.28. The van der Waals surface area contributed by atoms with Crippen LogP contribution in [0.15, 0.2) is 35.1 Å². The first kappa shape index (κ1) is 24.4. The van der Waals surface area contributed by atoms with E-state index in [0.29, 0.717) is 38.2 Å². The van der Waals surface area contributed by atoms with Gasteiger partial charge in [0, 0.05) is 32.9 Å². The third-order valence-electron chi connectivity index (χ3n) is 6.72. The Bertz CT molecular complexity index is 1330. The molecule has 0 saturated carbocycles. The molecular weight excluding hydrogens is 446 g/mol. The summed E-state index contributed by atoms with van der Waals surface area (Å²) in [6.45, 7) is 7.43. The van der Waals surface area contributed by atoms with Gasteiger partial charge in [0.15, 0.2) is 0 Å². The zero-order valence-corrected chi connectivity index (χ0v) is 21.0. The van der Waals surface area contributed by atoms with E-state index in [9.17, 15) is 14.4 Å². The van der Waals surface area contributed by atoms with Gasteiger partial charge in [-0.2, -0.15) is 0 Å². The summed E-state index contributed by atoms with van der Waals surface area (Å²) in [6, 6.07) is 9.27. The van der Waals surface area contributed by atoms with E-state index in [1.807, 2.05) is 51.1 Å². The van der Waals surface area contributed by atoms with Crippen LogP contribution in [0.2, 0.25) is 0 Å². The Hall–Kier alpha value is -3.75. The molecule has 2 heterocycles. The van der Waals surface area contributed by atoms with E-state index in [-0.39, 0.29) is 23.6 Å². The quantitative estimate of drug-likeness (QED) is 0.541. The number of amides is 2. The lowest BCUT2D eigenvalue weighted by Gasteiger charge is -2.34. The van der Waals surface area contributed by atoms with E-state index in [1.54, 1.807) is 23.2 Å². The number of aryl methyl sites for hydroxylation is 4. The first-order valence-corrected chi connectivity index (χ1v) is 12.0. The van der Waals surface area contributed by atoms with Crippen molar-refractivity contribution in [2.45, 2.75) is 33.6 Å². The van der Waals surface area contributed by atoms with Crippen LogP contribution in [0.3, 0.4) is 0 Å². The van der Waals surface area contributed by atoms with Gasteiger partial charge < -0.3 is 20.3 Å². The van der Waals surface area contributed by atoms with Crippen LogP contribution in [0.25, 0.3) is 11.0 Å². The average Bonchev–Trinajstić information content (AvgIpc) is 3.04. The Morgan fingerprint density at radius 1 is 0.971 bits per heavy atom. The SMILES string of the molecule is CCOC(=O)C1CCN(c2cc3c(cc2NC(=O)Nc2ccc(C)cc2C)n(C)c(=O)n3C)CC1. The monoisotopic (exact) mass is 479 g/mol. The molecule has 0 spiro atoms.